The summed E-state index contributed by atoms with van der Waals surface area (Å²) in [6.07, 6.45) is 2.64. The summed E-state index contributed by atoms with van der Waals surface area (Å²) in [5.74, 6) is 0.817. The van der Waals surface area contributed by atoms with Gasteiger partial charge >= 0.3 is 0 Å². The number of carbonyl (C=O) groups excluding carboxylic acids is 1. The fourth-order valence-corrected chi connectivity index (χ4v) is 3.95. The lowest BCUT2D eigenvalue weighted by Crippen LogP contribution is -2.49. The molecule has 2 aromatic heterocycles. The predicted octanol–water partition coefficient (Wildman–Crippen LogP) is 1.51. The van der Waals surface area contributed by atoms with Crippen LogP contribution in [0, 0.1) is 5.92 Å². The summed E-state index contributed by atoms with van der Waals surface area (Å²) in [4.78, 5) is 31.0. The Morgan fingerprint density at radius 3 is 2.92 bits per heavy atom. The van der Waals surface area contributed by atoms with Crippen molar-refractivity contribution in [2.45, 2.75) is 18.9 Å². The molecule has 1 saturated heterocycles. The van der Waals surface area contributed by atoms with Gasteiger partial charge in [0.2, 0.25) is 5.88 Å². The van der Waals surface area contributed by atoms with Crippen molar-refractivity contribution in [2.24, 2.45) is 5.92 Å². The van der Waals surface area contributed by atoms with Gasteiger partial charge in [-0.15, -0.1) is 0 Å². The Kier molecular flexibility index (Phi) is 3.59. The highest BCUT2D eigenvalue weighted by molar-refractivity contribution is 5.96. The van der Waals surface area contributed by atoms with Gasteiger partial charge in [-0.25, -0.2) is 4.98 Å². The van der Waals surface area contributed by atoms with Crippen LogP contribution in [-0.2, 0) is 6.54 Å². The van der Waals surface area contributed by atoms with E-state index in [1.807, 2.05) is 15.5 Å². The summed E-state index contributed by atoms with van der Waals surface area (Å²) < 4.78 is 7.09. The third kappa shape index (κ3) is 2.38. The normalized spacial score (nSPS) is 22.0. The lowest BCUT2D eigenvalue weighted by molar-refractivity contribution is 0.0590. The number of piperidine rings is 1. The number of nitrogens with zero attached hydrogens (tertiary/aromatic N) is 3. The maximum atomic E-state index is 12.9. The average Bonchev–Trinajstić information content (AvgIpc) is 2.62. The number of aromatic nitrogens is 2. The lowest BCUT2D eigenvalue weighted by Gasteiger charge is -2.42. The minimum absolute atomic E-state index is 0.0518. The zero-order valence-corrected chi connectivity index (χ0v) is 13.5. The molecule has 24 heavy (non-hydrogen) atoms. The van der Waals surface area contributed by atoms with Gasteiger partial charge in [-0.3, -0.25) is 9.59 Å². The Hall–Kier alpha value is -2.63. The van der Waals surface area contributed by atoms with Crippen LogP contribution in [0.2, 0.25) is 0 Å². The molecule has 2 aromatic rings. The van der Waals surface area contributed by atoms with Crippen molar-refractivity contribution in [3.05, 3.63) is 58.1 Å². The maximum absolute atomic E-state index is 12.9. The molecule has 2 bridgehead atoms. The van der Waals surface area contributed by atoms with Gasteiger partial charge < -0.3 is 14.2 Å². The average molecular weight is 325 g/mol. The summed E-state index contributed by atoms with van der Waals surface area (Å²) in [6.45, 7) is 1.96. The molecule has 124 valence electrons. The molecular formula is C18H19N3O3. The Balaban J connectivity index is 1.64. The van der Waals surface area contributed by atoms with Gasteiger partial charge in [-0.05, 0) is 30.5 Å². The molecule has 2 aliphatic rings. The summed E-state index contributed by atoms with van der Waals surface area (Å²) in [6, 6.07) is 8.90. The first-order valence-electron chi connectivity index (χ1n) is 8.15. The molecule has 1 fully saturated rings. The molecule has 0 N–H and O–H groups in total. The largest absolute Gasteiger partial charge is 0.480 e. The predicted molar refractivity (Wildman–Crippen MR) is 88.2 cm³/mol. The fraction of sp³-hybridized carbons (Fsp3) is 0.389. The second-order valence-corrected chi connectivity index (χ2v) is 6.47. The SMILES string of the molecule is COc1ncccc1C(=O)N1CC2CC(C1)c1cccc(=O)n1C2. The molecule has 6 heteroatoms. The minimum atomic E-state index is -0.0543. The first kappa shape index (κ1) is 14.9. The number of hydrogen-bond acceptors (Lipinski definition) is 4. The van der Waals surface area contributed by atoms with Crippen molar-refractivity contribution in [3.8, 4) is 5.88 Å². The molecule has 4 rings (SSSR count). The van der Waals surface area contributed by atoms with Gasteiger partial charge in [0.1, 0.15) is 5.56 Å². The van der Waals surface area contributed by atoms with E-state index in [1.54, 1.807) is 30.5 Å². The van der Waals surface area contributed by atoms with E-state index in [4.69, 9.17) is 4.74 Å². The third-order valence-electron chi connectivity index (χ3n) is 4.96. The molecule has 0 aliphatic carbocycles. The van der Waals surface area contributed by atoms with Gasteiger partial charge in [0.25, 0.3) is 11.5 Å². The van der Waals surface area contributed by atoms with E-state index in [2.05, 4.69) is 4.98 Å². The van der Waals surface area contributed by atoms with Crippen LogP contribution < -0.4 is 10.3 Å². The van der Waals surface area contributed by atoms with E-state index in [9.17, 15) is 9.59 Å². The van der Waals surface area contributed by atoms with E-state index in [0.29, 0.717) is 37.0 Å². The standard InChI is InChI=1S/C18H19N3O3/c1-24-17-14(4-3-7-19-17)18(23)20-9-12-8-13(11-20)15-5-2-6-16(22)21(15)10-12/h2-7,12-13H,8-11H2,1H3. The highest BCUT2D eigenvalue weighted by Crippen LogP contribution is 2.35. The second kappa shape index (κ2) is 5.78. The van der Waals surface area contributed by atoms with E-state index in [1.165, 1.54) is 7.11 Å². The van der Waals surface area contributed by atoms with Gasteiger partial charge in [0, 0.05) is 43.5 Å². The van der Waals surface area contributed by atoms with E-state index in [-0.39, 0.29) is 17.4 Å². The fourth-order valence-electron chi connectivity index (χ4n) is 3.95. The Morgan fingerprint density at radius 2 is 2.08 bits per heavy atom. The van der Waals surface area contributed by atoms with Crippen molar-refractivity contribution in [1.29, 1.82) is 0 Å². The van der Waals surface area contributed by atoms with Crippen LogP contribution in [0.25, 0.3) is 0 Å². The number of hydrogen-bond donors (Lipinski definition) is 0. The molecular weight excluding hydrogens is 306 g/mol. The summed E-state index contributed by atoms with van der Waals surface area (Å²) in [7, 11) is 1.52. The minimum Gasteiger partial charge on any atom is -0.480 e. The van der Waals surface area contributed by atoms with Gasteiger partial charge in [0.15, 0.2) is 0 Å². The zero-order chi connectivity index (χ0) is 16.7. The summed E-state index contributed by atoms with van der Waals surface area (Å²) in [5, 5.41) is 0. The number of pyridine rings is 2. The molecule has 6 nitrogen and oxygen atoms in total. The number of fused-ring (bicyclic) bond motifs is 4. The van der Waals surface area contributed by atoms with Crippen molar-refractivity contribution in [1.82, 2.24) is 14.5 Å². The second-order valence-electron chi connectivity index (χ2n) is 6.47. The number of methoxy groups -OCH3 is 1. The number of carbonyl (C=O) groups is 1. The number of likely N-dealkylation sites (tertiary alicyclic amines) is 1. The molecule has 4 heterocycles. The summed E-state index contributed by atoms with van der Waals surface area (Å²) in [5.41, 5.74) is 1.58. The van der Waals surface area contributed by atoms with Crippen LogP contribution in [-0.4, -0.2) is 40.6 Å². The lowest BCUT2D eigenvalue weighted by atomic mass is 9.83. The Labute approximate surface area is 139 Å². The highest BCUT2D eigenvalue weighted by atomic mass is 16.5. The molecule has 2 aliphatic heterocycles. The monoisotopic (exact) mass is 325 g/mol. The van der Waals surface area contributed by atoms with Gasteiger partial charge in [0.05, 0.1) is 7.11 Å². The van der Waals surface area contributed by atoms with Crippen molar-refractivity contribution in [3.63, 3.8) is 0 Å². The quantitative estimate of drug-likeness (QED) is 0.839. The van der Waals surface area contributed by atoms with Crippen molar-refractivity contribution < 1.29 is 9.53 Å². The summed E-state index contributed by atoms with van der Waals surface area (Å²) >= 11 is 0. The molecule has 0 radical (unpaired) electrons. The topological polar surface area (TPSA) is 64.4 Å². The maximum Gasteiger partial charge on any atom is 0.259 e. The molecule has 0 saturated carbocycles. The van der Waals surface area contributed by atoms with E-state index in [0.717, 1.165) is 12.1 Å². The van der Waals surface area contributed by atoms with Crippen LogP contribution in [0.15, 0.2) is 41.3 Å². The van der Waals surface area contributed by atoms with Crippen LogP contribution in [0.3, 0.4) is 0 Å². The highest BCUT2D eigenvalue weighted by Gasteiger charge is 2.37. The Bertz CT molecular complexity index is 845. The van der Waals surface area contributed by atoms with Crippen molar-refractivity contribution in [2.75, 3.05) is 20.2 Å². The number of ether oxygens (including phenoxy) is 1. The molecule has 0 aromatic carbocycles. The van der Waals surface area contributed by atoms with Crippen LogP contribution in [0.5, 0.6) is 5.88 Å². The number of rotatable bonds is 2. The zero-order valence-electron chi connectivity index (χ0n) is 13.5. The van der Waals surface area contributed by atoms with Crippen molar-refractivity contribution >= 4 is 5.91 Å². The third-order valence-corrected chi connectivity index (χ3v) is 4.96. The van der Waals surface area contributed by atoms with Crippen LogP contribution >= 0.6 is 0 Å². The Morgan fingerprint density at radius 1 is 1.21 bits per heavy atom. The molecule has 1 amide bonds. The van der Waals surface area contributed by atoms with Crippen LogP contribution in [0.1, 0.15) is 28.4 Å². The molecule has 0 spiro atoms. The van der Waals surface area contributed by atoms with E-state index >= 15 is 0 Å². The van der Waals surface area contributed by atoms with Gasteiger partial charge in [-0.2, -0.15) is 0 Å². The van der Waals surface area contributed by atoms with Crippen LogP contribution in [0.4, 0.5) is 0 Å². The molecule has 2 unspecified atom stereocenters. The molecule has 2 atom stereocenters. The number of amides is 1. The van der Waals surface area contributed by atoms with E-state index < -0.39 is 0 Å². The first-order valence-corrected chi connectivity index (χ1v) is 8.15. The smallest absolute Gasteiger partial charge is 0.259 e. The first-order chi connectivity index (χ1) is 11.7. The van der Waals surface area contributed by atoms with Gasteiger partial charge in [-0.1, -0.05) is 6.07 Å².